The van der Waals surface area contributed by atoms with Gasteiger partial charge in [-0.3, -0.25) is 24.7 Å². The van der Waals surface area contributed by atoms with E-state index in [2.05, 4.69) is 30.5 Å². The minimum Gasteiger partial charge on any atom is -0.336 e. The number of imidazole rings is 1. The van der Waals surface area contributed by atoms with Crippen LogP contribution in [0.25, 0.3) is 55.2 Å². The molecule has 6 rings (SSSR count). The van der Waals surface area contributed by atoms with Crippen molar-refractivity contribution in [2.24, 2.45) is 0 Å². The van der Waals surface area contributed by atoms with Gasteiger partial charge in [0.15, 0.2) is 11.6 Å². The number of amides is 1. The zero-order chi connectivity index (χ0) is 26.2. The lowest BCUT2D eigenvalue weighted by Gasteiger charge is -2.07. The monoisotopic (exact) mass is 521 g/mol. The summed E-state index contributed by atoms with van der Waals surface area (Å²) in [5, 5.41) is 11.4. The first-order valence-corrected chi connectivity index (χ1v) is 13.0. The van der Waals surface area contributed by atoms with Crippen molar-refractivity contribution in [3.05, 3.63) is 65.9 Å². The Balaban J connectivity index is 1.39. The van der Waals surface area contributed by atoms with Gasteiger partial charge in [0.1, 0.15) is 16.9 Å². The van der Waals surface area contributed by atoms with E-state index in [9.17, 15) is 9.59 Å². The number of benzene rings is 1. The van der Waals surface area contributed by atoms with Crippen LogP contribution in [0.2, 0.25) is 0 Å². The number of carbonyl (C=O) groups excluding carboxylic acids is 2. The molecule has 0 unspecified atom stereocenters. The van der Waals surface area contributed by atoms with Crippen LogP contribution in [0.4, 0.5) is 5.69 Å². The van der Waals surface area contributed by atoms with Crippen molar-refractivity contribution in [1.82, 2.24) is 30.1 Å². The number of H-pyrrole nitrogens is 2. The van der Waals surface area contributed by atoms with Crippen LogP contribution in [0.15, 0.2) is 61.1 Å². The number of aromatic nitrogens is 6. The predicted octanol–water partition coefficient (Wildman–Crippen LogP) is 6.23. The van der Waals surface area contributed by atoms with Gasteiger partial charge in [-0.05, 0) is 55.3 Å². The molecule has 0 aliphatic heterocycles. The summed E-state index contributed by atoms with van der Waals surface area (Å²) in [4.78, 5) is 42.5. The normalized spacial score (nSPS) is 11.3. The van der Waals surface area contributed by atoms with E-state index in [4.69, 9.17) is 4.98 Å². The van der Waals surface area contributed by atoms with Crippen molar-refractivity contribution in [3.8, 4) is 33.2 Å². The number of aromatic amines is 2. The molecule has 5 heterocycles. The molecule has 188 valence electrons. The van der Waals surface area contributed by atoms with E-state index in [-0.39, 0.29) is 11.7 Å². The first kappa shape index (κ1) is 23.7. The van der Waals surface area contributed by atoms with Crippen LogP contribution in [-0.4, -0.2) is 41.8 Å². The molecule has 6 aromatic rings. The zero-order valence-electron chi connectivity index (χ0n) is 20.7. The lowest BCUT2D eigenvalue weighted by molar-refractivity contribution is -0.116. The second-order valence-electron chi connectivity index (χ2n) is 8.95. The molecule has 0 aliphatic rings. The summed E-state index contributed by atoms with van der Waals surface area (Å²) in [5.41, 5.74) is 6.29. The van der Waals surface area contributed by atoms with Crippen molar-refractivity contribution in [2.75, 3.05) is 5.32 Å². The highest BCUT2D eigenvalue weighted by atomic mass is 32.1. The van der Waals surface area contributed by atoms with Crippen LogP contribution in [-0.2, 0) is 4.79 Å². The molecule has 0 spiro atoms. The third kappa shape index (κ3) is 4.35. The number of carbonyl (C=O) groups is 2. The Morgan fingerprint density at radius 1 is 1.00 bits per heavy atom. The number of hydrogen-bond donors (Lipinski definition) is 3. The zero-order valence-corrected chi connectivity index (χ0v) is 21.5. The van der Waals surface area contributed by atoms with Crippen molar-refractivity contribution < 1.29 is 9.59 Å². The molecule has 1 amide bonds. The Labute approximate surface area is 221 Å². The number of thiophene rings is 1. The lowest BCUT2D eigenvalue weighted by Crippen LogP contribution is -2.10. The summed E-state index contributed by atoms with van der Waals surface area (Å²) in [5.74, 6) is 0.608. The number of anilines is 1. The Morgan fingerprint density at radius 2 is 1.89 bits per heavy atom. The molecular formula is C28H23N7O2S. The number of fused-ring (bicyclic) bond motifs is 2. The minimum absolute atomic E-state index is 0.0269. The molecule has 5 aromatic heterocycles. The maximum atomic E-state index is 12.0. The molecule has 10 heteroatoms. The van der Waals surface area contributed by atoms with Gasteiger partial charge in [-0.25, -0.2) is 4.98 Å². The maximum absolute atomic E-state index is 12.0. The van der Waals surface area contributed by atoms with Gasteiger partial charge < -0.3 is 10.3 Å². The van der Waals surface area contributed by atoms with E-state index in [0.29, 0.717) is 34.0 Å². The number of nitrogens with zero attached hydrogens (tertiary/aromatic N) is 4. The average Bonchev–Trinajstić information content (AvgIpc) is 3.66. The Bertz CT molecular complexity index is 1830. The maximum Gasteiger partial charge on any atom is 0.224 e. The highest BCUT2D eigenvalue weighted by molar-refractivity contribution is 7.17. The molecule has 1 aromatic carbocycles. The molecule has 3 N–H and O–H groups in total. The molecule has 0 bridgehead atoms. The first-order chi connectivity index (χ1) is 18.5. The standard InChI is InChI=1S/C28H23N7O2S/c1-3-4-24(37)31-18-11-17(13-29-14-18)16-5-6-20-19(12-16)25(35-34-20)28-32-21-9-10-30-27(26(21)33-28)23-8-7-22(38-23)15(2)36/h5-14H,3-4H2,1-2H3,(H,31,37)(H,32,33)(H,34,35). The number of pyridine rings is 2. The smallest absolute Gasteiger partial charge is 0.224 e. The highest BCUT2D eigenvalue weighted by Gasteiger charge is 2.18. The van der Waals surface area contributed by atoms with E-state index < -0.39 is 0 Å². The number of hydrogen-bond acceptors (Lipinski definition) is 7. The van der Waals surface area contributed by atoms with Crippen LogP contribution in [0.1, 0.15) is 36.4 Å². The van der Waals surface area contributed by atoms with Gasteiger partial charge in [-0.15, -0.1) is 11.3 Å². The fraction of sp³-hybridized carbons (Fsp3) is 0.143. The molecule has 0 atom stereocenters. The van der Waals surface area contributed by atoms with Gasteiger partial charge in [0.25, 0.3) is 0 Å². The second kappa shape index (κ2) is 9.64. The predicted molar refractivity (Wildman–Crippen MR) is 149 cm³/mol. The van der Waals surface area contributed by atoms with E-state index >= 15 is 0 Å². The topological polar surface area (TPSA) is 129 Å². The molecule has 0 saturated heterocycles. The summed E-state index contributed by atoms with van der Waals surface area (Å²) in [6.07, 6.45) is 6.39. The average molecular weight is 522 g/mol. The van der Waals surface area contributed by atoms with Crippen molar-refractivity contribution in [2.45, 2.75) is 26.7 Å². The quantitative estimate of drug-likeness (QED) is 0.214. The van der Waals surface area contributed by atoms with Gasteiger partial charge in [0, 0.05) is 29.8 Å². The first-order valence-electron chi connectivity index (χ1n) is 12.2. The molecular weight excluding hydrogens is 498 g/mol. The fourth-order valence-corrected chi connectivity index (χ4v) is 5.27. The Hall–Kier alpha value is -4.70. The van der Waals surface area contributed by atoms with Gasteiger partial charge in [0.05, 0.1) is 32.7 Å². The Morgan fingerprint density at radius 3 is 2.71 bits per heavy atom. The molecule has 38 heavy (non-hydrogen) atoms. The van der Waals surface area contributed by atoms with Crippen LogP contribution in [0, 0.1) is 0 Å². The van der Waals surface area contributed by atoms with Crippen molar-refractivity contribution in [3.63, 3.8) is 0 Å². The number of Topliss-reactive ketones (excluding diaryl/α,β-unsaturated/α-hetero) is 1. The van der Waals surface area contributed by atoms with Gasteiger partial charge in [-0.2, -0.15) is 5.10 Å². The van der Waals surface area contributed by atoms with Gasteiger partial charge >= 0.3 is 0 Å². The fourth-order valence-electron chi connectivity index (χ4n) is 4.37. The van der Waals surface area contributed by atoms with Crippen LogP contribution in [0.3, 0.4) is 0 Å². The van der Waals surface area contributed by atoms with E-state index in [1.807, 2.05) is 49.4 Å². The van der Waals surface area contributed by atoms with Crippen molar-refractivity contribution >= 4 is 50.7 Å². The molecule has 0 aliphatic carbocycles. The summed E-state index contributed by atoms with van der Waals surface area (Å²) in [6, 6.07) is 13.5. The number of ketones is 1. The van der Waals surface area contributed by atoms with Gasteiger partial charge in [-0.1, -0.05) is 13.0 Å². The van der Waals surface area contributed by atoms with Crippen LogP contribution in [0.5, 0.6) is 0 Å². The summed E-state index contributed by atoms with van der Waals surface area (Å²) < 4.78 is 0. The third-order valence-corrected chi connectivity index (χ3v) is 7.40. The summed E-state index contributed by atoms with van der Waals surface area (Å²) >= 11 is 1.41. The van der Waals surface area contributed by atoms with E-state index in [0.717, 1.165) is 44.5 Å². The van der Waals surface area contributed by atoms with Crippen molar-refractivity contribution in [1.29, 1.82) is 0 Å². The van der Waals surface area contributed by atoms with Crippen LogP contribution < -0.4 is 5.32 Å². The Kier molecular flexibility index (Phi) is 6.01. The molecule has 0 saturated carbocycles. The molecule has 0 radical (unpaired) electrons. The molecule has 0 fully saturated rings. The van der Waals surface area contributed by atoms with Gasteiger partial charge in [0.2, 0.25) is 5.91 Å². The van der Waals surface area contributed by atoms with Crippen LogP contribution >= 0.6 is 11.3 Å². The summed E-state index contributed by atoms with van der Waals surface area (Å²) in [6.45, 7) is 3.53. The third-order valence-electron chi connectivity index (χ3n) is 6.21. The number of nitrogens with one attached hydrogen (secondary N) is 3. The van der Waals surface area contributed by atoms with E-state index in [1.165, 1.54) is 11.3 Å². The largest absolute Gasteiger partial charge is 0.336 e. The lowest BCUT2D eigenvalue weighted by atomic mass is 10.0. The summed E-state index contributed by atoms with van der Waals surface area (Å²) in [7, 11) is 0. The van der Waals surface area contributed by atoms with E-state index in [1.54, 1.807) is 25.5 Å². The number of rotatable bonds is 7. The second-order valence-corrected chi connectivity index (χ2v) is 10.0. The SMILES string of the molecule is CCCC(=O)Nc1cncc(-c2ccc3[nH]nc(-c4nc5c(-c6ccc(C(C)=O)s6)nccc5[nH]4)c3c2)c1. The minimum atomic E-state index is -0.0298. The highest BCUT2D eigenvalue weighted by Crippen LogP contribution is 2.34. The molecule has 9 nitrogen and oxygen atoms in total.